The lowest BCUT2D eigenvalue weighted by atomic mass is 9.89. The number of morpholine rings is 1. The minimum atomic E-state index is 0.0719. The van der Waals surface area contributed by atoms with Gasteiger partial charge in [0, 0.05) is 35.3 Å². The largest absolute Gasteiger partial charge is 0.494 e. The fourth-order valence-electron chi connectivity index (χ4n) is 4.46. The van der Waals surface area contributed by atoms with Gasteiger partial charge < -0.3 is 24.7 Å². The first kappa shape index (κ1) is 17.1. The number of hydrogen-bond donors (Lipinski definition) is 3. The molecule has 1 aliphatic carbocycles. The number of benzene rings is 1. The molecule has 0 bridgehead atoms. The molecule has 1 amide bonds. The number of carbonyl (C=O) groups is 1. The van der Waals surface area contributed by atoms with E-state index in [0.717, 1.165) is 57.4 Å². The maximum atomic E-state index is 13.2. The maximum Gasteiger partial charge on any atom is 0.256 e. The molecule has 5 rings (SSSR count). The number of ether oxygens (including phenoxy) is 1. The predicted molar refractivity (Wildman–Crippen MR) is 108 cm³/mol. The normalized spacial score (nSPS) is 16.9. The fraction of sp³-hybridized carbons (Fsp3) is 0.318. The summed E-state index contributed by atoms with van der Waals surface area (Å²) in [4.78, 5) is 21.6. The molecule has 0 saturated carbocycles. The third kappa shape index (κ3) is 2.56. The molecule has 1 aromatic carbocycles. The molecule has 3 aromatic rings. The number of rotatable bonds is 2. The Bertz CT molecular complexity index is 1100. The molecule has 2 aromatic heterocycles. The molecule has 1 aliphatic heterocycles. The van der Waals surface area contributed by atoms with Gasteiger partial charge in [-0.25, -0.2) is 0 Å². The van der Waals surface area contributed by atoms with E-state index >= 15 is 0 Å². The summed E-state index contributed by atoms with van der Waals surface area (Å²) in [5, 5.41) is 11.6. The highest BCUT2D eigenvalue weighted by Gasteiger charge is 2.30. The van der Waals surface area contributed by atoms with Crippen molar-refractivity contribution < 1.29 is 14.6 Å². The third-order valence-corrected chi connectivity index (χ3v) is 5.77. The molecule has 28 heavy (non-hydrogen) atoms. The summed E-state index contributed by atoms with van der Waals surface area (Å²) in [6.07, 6.45) is 3.80. The van der Waals surface area contributed by atoms with E-state index in [1.165, 1.54) is 0 Å². The van der Waals surface area contributed by atoms with E-state index < -0.39 is 0 Å². The summed E-state index contributed by atoms with van der Waals surface area (Å²) in [6.45, 7) is 4.39. The minimum absolute atomic E-state index is 0.0719. The van der Waals surface area contributed by atoms with Crippen LogP contribution in [0.2, 0.25) is 0 Å². The van der Waals surface area contributed by atoms with Crippen molar-refractivity contribution in [3.63, 3.8) is 0 Å². The van der Waals surface area contributed by atoms with Crippen LogP contribution in [0.15, 0.2) is 30.3 Å². The molecule has 144 valence electrons. The standard InChI is InChI=1S/C22H23N3O3/c1-13-18(22(27)25-9-11-28-12-10-25)15-6-4-7-16(20(15)23-13)19-14-5-2-3-8-17(14)24-21(19)26/h2-3,5,7-8,23-24,26H,4,6,9-12H2,1H3. The van der Waals surface area contributed by atoms with Crippen molar-refractivity contribution in [2.45, 2.75) is 19.8 Å². The first-order valence-corrected chi connectivity index (χ1v) is 9.74. The monoisotopic (exact) mass is 377 g/mol. The molecule has 3 N–H and O–H groups in total. The summed E-state index contributed by atoms with van der Waals surface area (Å²) in [7, 11) is 0. The molecular formula is C22H23N3O3. The third-order valence-electron chi connectivity index (χ3n) is 5.77. The summed E-state index contributed by atoms with van der Waals surface area (Å²) < 4.78 is 5.39. The van der Waals surface area contributed by atoms with Crippen molar-refractivity contribution in [3.05, 3.63) is 58.4 Å². The number of aromatic hydroxyl groups is 1. The van der Waals surface area contributed by atoms with Crippen molar-refractivity contribution in [2.75, 3.05) is 26.3 Å². The maximum absolute atomic E-state index is 13.2. The number of aromatic nitrogens is 2. The van der Waals surface area contributed by atoms with Gasteiger partial charge in [0.05, 0.1) is 30.0 Å². The smallest absolute Gasteiger partial charge is 0.256 e. The van der Waals surface area contributed by atoms with Crippen LogP contribution in [0.25, 0.3) is 16.5 Å². The zero-order chi connectivity index (χ0) is 19.3. The number of para-hydroxylation sites is 1. The Morgan fingerprint density at radius 2 is 1.96 bits per heavy atom. The van der Waals surface area contributed by atoms with Gasteiger partial charge in [-0.1, -0.05) is 24.3 Å². The molecule has 0 radical (unpaired) electrons. The van der Waals surface area contributed by atoms with Crippen LogP contribution in [0.4, 0.5) is 0 Å². The summed E-state index contributed by atoms with van der Waals surface area (Å²) in [6, 6.07) is 7.87. The first-order valence-electron chi connectivity index (χ1n) is 9.74. The van der Waals surface area contributed by atoms with Crippen molar-refractivity contribution in [1.29, 1.82) is 0 Å². The average Bonchev–Trinajstić information content (AvgIpc) is 3.23. The lowest BCUT2D eigenvalue weighted by Gasteiger charge is -2.27. The second-order valence-corrected chi connectivity index (χ2v) is 7.43. The van der Waals surface area contributed by atoms with E-state index in [1.807, 2.05) is 36.1 Å². The first-order chi connectivity index (χ1) is 13.6. The zero-order valence-corrected chi connectivity index (χ0v) is 15.8. The topological polar surface area (TPSA) is 81.3 Å². The molecule has 6 heteroatoms. The van der Waals surface area contributed by atoms with Crippen LogP contribution in [0.3, 0.4) is 0 Å². The number of fused-ring (bicyclic) bond motifs is 2. The van der Waals surface area contributed by atoms with Gasteiger partial charge in [-0.2, -0.15) is 0 Å². The van der Waals surface area contributed by atoms with Crippen molar-refractivity contribution in [1.82, 2.24) is 14.9 Å². The quantitative estimate of drug-likeness (QED) is 0.641. The fourth-order valence-corrected chi connectivity index (χ4v) is 4.46. The highest BCUT2D eigenvalue weighted by molar-refractivity contribution is 6.03. The van der Waals surface area contributed by atoms with Crippen LogP contribution < -0.4 is 0 Å². The predicted octanol–water partition coefficient (Wildman–Crippen LogP) is 3.36. The van der Waals surface area contributed by atoms with Crippen LogP contribution >= 0.6 is 0 Å². The number of aromatic amines is 2. The number of carbonyl (C=O) groups excluding carboxylic acids is 1. The molecule has 0 unspecified atom stereocenters. The van der Waals surface area contributed by atoms with E-state index in [1.54, 1.807) is 0 Å². The van der Waals surface area contributed by atoms with Crippen LogP contribution in [0, 0.1) is 6.92 Å². The minimum Gasteiger partial charge on any atom is -0.494 e. The number of H-pyrrole nitrogens is 2. The van der Waals surface area contributed by atoms with E-state index in [-0.39, 0.29) is 11.8 Å². The number of nitrogens with one attached hydrogen (secondary N) is 2. The van der Waals surface area contributed by atoms with Crippen molar-refractivity contribution in [2.24, 2.45) is 0 Å². The summed E-state index contributed by atoms with van der Waals surface area (Å²) in [5.74, 6) is 0.233. The second kappa shape index (κ2) is 6.56. The van der Waals surface area contributed by atoms with Gasteiger partial charge in [0.15, 0.2) is 5.88 Å². The molecule has 1 saturated heterocycles. The zero-order valence-electron chi connectivity index (χ0n) is 15.8. The molecule has 1 fully saturated rings. The van der Waals surface area contributed by atoms with Gasteiger partial charge in [0.25, 0.3) is 5.91 Å². The molecule has 0 spiro atoms. The Morgan fingerprint density at radius 1 is 1.18 bits per heavy atom. The van der Waals surface area contributed by atoms with Crippen LogP contribution in [-0.2, 0) is 11.2 Å². The Hall–Kier alpha value is -2.99. The Balaban J connectivity index is 1.61. The Labute approximate surface area is 162 Å². The Morgan fingerprint density at radius 3 is 2.79 bits per heavy atom. The second-order valence-electron chi connectivity index (χ2n) is 7.43. The SMILES string of the molecule is Cc1[nH]c2c(c1C(=O)N1CCOCC1)CCC=C2c1c(O)[nH]c2ccccc12. The van der Waals surface area contributed by atoms with E-state index in [9.17, 15) is 9.90 Å². The summed E-state index contributed by atoms with van der Waals surface area (Å²) >= 11 is 0. The highest BCUT2D eigenvalue weighted by atomic mass is 16.5. The van der Waals surface area contributed by atoms with Gasteiger partial charge in [-0.05, 0) is 31.4 Å². The number of aryl methyl sites for hydroxylation is 1. The number of allylic oxidation sites excluding steroid dienone is 1. The van der Waals surface area contributed by atoms with E-state index in [4.69, 9.17) is 4.74 Å². The molecule has 2 aliphatic rings. The number of nitrogens with zero attached hydrogens (tertiary/aromatic N) is 1. The highest BCUT2D eigenvalue weighted by Crippen LogP contribution is 2.41. The van der Waals surface area contributed by atoms with E-state index in [0.29, 0.717) is 26.3 Å². The van der Waals surface area contributed by atoms with Gasteiger partial charge in [-0.15, -0.1) is 0 Å². The molecule has 0 atom stereocenters. The number of hydrogen-bond acceptors (Lipinski definition) is 3. The summed E-state index contributed by atoms with van der Waals surface area (Å²) in [5.41, 5.74) is 6.31. The van der Waals surface area contributed by atoms with Crippen LogP contribution in [0.5, 0.6) is 5.88 Å². The van der Waals surface area contributed by atoms with Crippen molar-refractivity contribution >= 4 is 22.4 Å². The van der Waals surface area contributed by atoms with Crippen molar-refractivity contribution in [3.8, 4) is 5.88 Å². The van der Waals surface area contributed by atoms with Crippen LogP contribution in [0.1, 0.15) is 39.3 Å². The van der Waals surface area contributed by atoms with Gasteiger partial charge >= 0.3 is 0 Å². The van der Waals surface area contributed by atoms with Crippen LogP contribution in [-0.4, -0.2) is 52.2 Å². The molecule has 6 nitrogen and oxygen atoms in total. The average molecular weight is 377 g/mol. The van der Waals surface area contributed by atoms with Gasteiger partial charge in [0.2, 0.25) is 0 Å². The van der Waals surface area contributed by atoms with Gasteiger partial charge in [0.1, 0.15) is 0 Å². The lowest BCUT2D eigenvalue weighted by Crippen LogP contribution is -2.41. The lowest BCUT2D eigenvalue weighted by molar-refractivity contribution is 0.0302. The number of amides is 1. The van der Waals surface area contributed by atoms with Gasteiger partial charge in [-0.3, -0.25) is 4.79 Å². The Kier molecular flexibility index (Phi) is 4.02. The molecular weight excluding hydrogens is 354 g/mol. The van der Waals surface area contributed by atoms with E-state index in [2.05, 4.69) is 16.0 Å². The molecule has 3 heterocycles.